The number of H-pyrrole nitrogens is 2. The number of aliphatic hydroxyl groups is 1. The van der Waals surface area contributed by atoms with E-state index in [0.29, 0.717) is 5.56 Å². The highest BCUT2D eigenvalue weighted by atomic mass is 19.1. The Bertz CT molecular complexity index is 1670. The Hall–Kier alpha value is -4.12. The zero-order valence-corrected chi connectivity index (χ0v) is 20.8. The highest BCUT2D eigenvalue weighted by Gasteiger charge is 2.48. The van der Waals surface area contributed by atoms with E-state index >= 15 is 8.78 Å². The van der Waals surface area contributed by atoms with E-state index in [2.05, 4.69) is 20.2 Å². The Labute approximate surface area is 221 Å². The minimum atomic E-state index is -0.782. The molecule has 0 saturated carbocycles. The van der Waals surface area contributed by atoms with Gasteiger partial charge in [-0.05, 0) is 29.7 Å². The van der Waals surface area contributed by atoms with Crippen molar-refractivity contribution >= 4 is 11.0 Å². The van der Waals surface area contributed by atoms with Gasteiger partial charge >= 0.3 is 0 Å². The molecule has 2 aliphatic rings. The van der Waals surface area contributed by atoms with E-state index in [9.17, 15) is 5.11 Å². The average molecular weight is 531 g/mol. The third-order valence-corrected chi connectivity index (χ3v) is 7.29. The van der Waals surface area contributed by atoms with Gasteiger partial charge in [-0.15, -0.1) is 0 Å². The Kier molecular flexibility index (Phi) is 5.69. The van der Waals surface area contributed by atoms with Gasteiger partial charge in [-0.1, -0.05) is 48.5 Å². The molecule has 4 heterocycles. The Morgan fingerprint density at radius 2 is 1.56 bits per heavy atom. The fraction of sp³-hybridized carbons (Fsp3) is 0.241. The summed E-state index contributed by atoms with van der Waals surface area (Å²) in [5.41, 5.74) is 5.11. The Morgan fingerprint density at radius 1 is 0.897 bits per heavy atom. The summed E-state index contributed by atoms with van der Waals surface area (Å²) in [5, 5.41) is 17.1. The number of fused-ring (bicyclic) bond motifs is 2. The van der Waals surface area contributed by atoms with Crippen LogP contribution in [-0.2, 0) is 9.47 Å². The number of hydrogen-bond acceptors (Lipinski definition) is 6. The molecule has 0 amide bonds. The largest absolute Gasteiger partial charge is 0.456 e. The number of benzene rings is 3. The van der Waals surface area contributed by atoms with Crippen molar-refractivity contribution in [2.75, 3.05) is 13.2 Å². The van der Waals surface area contributed by atoms with Crippen LogP contribution in [0, 0.1) is 18.6 Å². The smallest absolute Gasteiger partial charge is 0.295 e. The number of ether oxygens (including phenoxy) is 3. The van der Waals surface area contributed by atoms with Crippen molar-refractivity contribution in [3.05, 3.63) is 78.0 Å². The van der Waals surface area contributed by atoms with E-state index in [-0.39, 0.29) is 35.8 Å². The van der Waals surface area contributed by atoms with Crippen LogP contribution in [0.15, 0.2) is 60.7 Å². The molecule has 39 heavy (non-hydrogen) atoms. The van der Waals surface area contributed by atoms with Gasteiger partial charge in [0, 0.05) is 17.3 Å². The van der Waals surface area contributed by atoms with Crippen LogP contribution in [-0.4, -0.2) is 62.9 Å². The van der Waals surface area contributed by atoms with Crippen molar-refractivity contribution in [1.29, 1.82) is 0 Å². The Morgan fingerprint density at radius 3 is 2.26 bits per heavy atom. The number of nitrogens with zero attached hydrogens (tertiary/aromatic N) is 2. The molecule has 10 heteroatoms. The van der Waals surface area contributed by atoms with Crippen LogP contribution in [0.4, 0.5) is 8.78 Å². The third kappa shape index (κ3) is 4.17. The summed E-state index contributed by atoms with van der Waals surface area (Å²) >= 11 is 0. The predicted molar refractivity (Wildman–Crippen MR) is 139 cm³/mol. The highest BCUT2D eigenvalue weighted by Crippen LogP contribution is 2.35. The van der Waals surface area contributed by atoms with E-state index < -0.39 is 36.1 Å². The van der Waals surface area contributed by atoms with Crippen molar-refractivity contribution in [3.63, 3.8) is 0 Å². The molecule has 0 bridgehead atoms. The fourth-order valence-electron chi connectivity index (χ4n) is 5.30. The van der Waals surface area contributed by atoms with E-state index in [0.717, 1.165) is 28.1 Å². The maximum absolute atomic E-state index is 15.6. The number of hydrogen-bond donors (Lipinski definition) is 3. The summed E-state index contributed by atoms with van der Waals surface area (Å²) in [5.74, 6) is -1.50. The summed E-state index contributed by atoms with van der Waals surface area (Å²) < 4.78 is 47.7. The average Bonchev–Trinajstić information content (AvgIpc) is 3.72. The minimum Gasteiger partial charge on any atom is -0.456 e. The third-order valence-electron chi connectivity index (χ3n) is 7.29. The highest BCUT2D eigenvalue weighted by molar-refractivity contribution is 5.84. The second-order valence-electron chi connectivity index (χ2n) is 9.90. The summed E-state index contributed by atoms with van der Waals surface area (Å²) in [6.45, 7) is 2.31. The Balaban J connectivity index is 1.14. The first-order valence-corrected chi connectivity index (χ1v) is 12.6. The van der Waals surface area contributed by atoms with Crippen LogP contribution in [0.1, 0.15) is 5.69 Å². The molecule has 2 fully saturated rings. The first-order valence-electron chi connectivity index (χ1n) is 12.6. The molecular weight excluding hydrogens is 506 g/mol. The monoisotopic (exact) mass is 530 g/mol. The molecule has 3 aromatic carbocycles. The van der Waals surface area contributed by atoms with Gasteiger partial charge in [0.05, 0.1) is 30.0 Å². The minimum absolute atomic E-state index is 0.0301. The van der Waals surface area contributed by atoms with Crippen molar-refractivity contribution in [3.8, 4) is 39.5 Å². The zero-order chi connectivity index (χ0) is 26.7. The predicted octanol–water partition coefficient (Wildman–Crippen LogP) is 4.78. The van der Waals surface area contributed by atoms with E-state index in [4.69, 9.17) is 14.2 Å². The van der Waals surface area contributed by atoms with Crippen LogP contribution in [0.25, 0.3) is 44.5 Å². The summed E-state index contributed by atoms with van der Waals surface area (Å²) in [4.78, 5) is 7.06. The SMILES string of the molecule is Cc1cc(-c2ccc(-c3ccc(-c4c(F)cc5[nH]c(O[C@@H]6CO[C@H]7[C@@H]6OC[C@H]7O)nc5c4F)cc3)cc2)n[nH]1. The molecule has 0 aliphatic carbocycles. The van der Waals surface area contributed by atoms with Gasteiger partial charge in [-0.25, -0.2) is 8.78 Å². The molecule has 2 saturated heterocycles. The van der Waals surface area contributed by atoms with Gasteiger partial charge in [0.2, 0.25) is 0 Å². The van der Waals surface area contributed by atoms with Crippen LogP contribution in [0.5, 0.6) is 6.01 Å². The van der Waals surface area contributed by atoms with Crippen LogP contribution < -0.4 is 4.74 Å². The molecule has 0 unspecified atom stereocenters. The zero-order valence-electron chi connectivity index (χ0n) is 20.8. The van der Waals surface area contributed by atoms with E-state index in [1.165, 1.54) is 6.07 Å². The first-order chi connectivity index (χ1) is 18.9. The molecule has 8 nitrogen and oxygen atoms in total. The van der Waals surface area contributed by atoms with Gasteiger partial charge in [-0.3, -0.25) is 5.10 Å². The van der Waals surface area contributed by atoms with Crippen molar-refractivity contribution in [1.82, 2.24) is 20.2 Å². The number of halogens is 2. The van der Waals surface area contributed by atoms with Crippen LogP contribution in [0.2, 0.25) is 0 Å². The summed E-state index contributed by atoms with van der Waals surface area (Å²) in [7, 11) is 0. The second kappa shape index (κ2) is 9.26. The van der Waals surface area contributed by atoms with E-state index in [1.54, 1.807) is 12.1 Å². The lowest BCUT2D eigenvalue weighted by Crippen LogP contribution is -2.34. The molecule has 0 spiro atoms. The number of rotatable bonds is 5. The lowest BCUT2D eigenvalue weighted by atomic mass is 9.98. The fourth-order valence-corrected chi connectivity index (χ4v) is 5.30. The number of aromatic amines is 2. The molecular formula is C29H24F2N4O4. The quantitative estimate of drug-likeness (QED) is 0.302. The first kappa shape index (κ1) is 24.0. The molecule has 198 valence electrons. The molecule has 2 aliphatic heterocycles. The maximum atomic E-state index is 15.6. The van der Waals surface area contributed by atoms with Crippen LogP contribution >= 0.6 is 0 Å². The summed E-state index contributed by atoms with van der Waals surface area (Å²) in [6.07, 6.45) is -2.16. The molecule has 0 radical (unpaired) electrons. The number of aliphatic hydroxyl groups excluding tert-OH is 1. The van der Waals surface area contributed by atoms with Crippen molar-refractivity contribution in [2.45, 2.75) is 31.3 Å². The molecule has 3 N–H and O–H groups in total. The normalized spacial score (nSPS) is 22.5. The lowest BCUT2D eigenvalue weighted by Gasteiger charge is -2.15. The van der Waals surface area contributed by atoms with Crippen LogP contribution in [0.3, 0.4) is 0 Å². The van der Waals surface area contributed by atoms with Gasteiger partial charge in [0.25, 0.3) is 6.01 Å². The van der Waals surface area contributed by atoms with Gasteiger partial charge in [-0.2, -0.15) is 10.1 Å². The molecule has 2 aromatic heterocycles. The number of aryl methyl sites for hydroxylation is 1. The van der Waals surface area contributed by atoms with Gasteiger partial charge in [0.15, 0.2) is 11.9 Å². The van der Waals surface area contributed by atoms with Crippen molar-refractivity contribution in [2.24, 2.45) is 0 Å². The topological polar surface area (TPSA) is 105 Å². The second-order valence-corrected chi connectivity index (χ2v) is 9.90. The standard InChI is InChI=1S/C29H24F2N4O4/c1-14-10-20(35-34-14)17-6-2-15(3-7-17)16-4-8-18(9-5-16)24-19(30)11-21-26(25(24)31)33-29(32-21)39-23-13-38-27-22(36)12-37-28(23)27/h2-11,22-23,27-28,36H,12-13H2,1H3,(H,32,33)(H,34,35)/t22-,23-,27-,28-/m1/s1. The van der Waals surface area contributed by atoms with Gasteiger partial charge < -0.3 is 24.3 Å². The lowest BCUT2D eigenvalue weighted by molar-refractivity contribution is 0.00706. The number of aromatic nitrogens is 4. The maximum Gasteiger partial charge on any atom is 0.295 e. The molecule has 5 aromatic rings. The molecule has 4 atom stereocenters. The van der Waals surface area contributed by atoms with E-state index in [1.807, 2.05) is 49.4 Å². The number of imidazole rings is 1. The molecule has 7 rings (SSSR count). The number of nitrogens with one attached hydrogen (secondary N) is 2. The van der Waals surface area contributed by atoms with Crippen molar-refractivity contribution < 1.29 is 28.1 Å². The summed E-state index contributed by atoms with van der Waals surface area (Å²) in [6, 6.07) is 18.2. The van der Waals surface area contributed by atoms with Gasteiger partial charge in [0.1, 0.15) is 29.6 Å².